The van der Waals surface area contributed by atoms with Gasteiger partial charge in [-0.15, -0.1) is 0 Å². The highest BCUT2D eigenvalue weighted by Crippen LogP contribution is 2.20. The molecule has 0 bridgehead atoms. The highest BCUT2D eigenvalue weighted by molar-refractivity contribution is 5.72. The average molecular weight is 441 g/mol. The minimum absolute atomic E-state index is 0.0304. The maximum atomic E-state index is 12.2. The first-order chi connectivity index (χ1) is 15.2. The second-order valence-electron chi connectivity index (χ2n) is 8.95. The lowest BCUT2D eigenvalue weighted by Gasteiger charge is -2.15. The summed E-state index contributed by atoms with van der Waals surface area (Å²) in [6, 6.07) is 0. The van der Waals surface area contributed by atoms with Gasteiger partial charge in [0.2, 0.25) is 0 Å². The van der Waals surface area contributed by atoms with Crippen LogP contribution in [0.3, 0.4) is 0 Å². The minimum atomic E-state index is -0.0546. The van der Waals surface area contributed by atoms with Gasteiger partial charge >= 0.3 is 11.9 Å². The van der Waals surface area contributed by atoms with Crippen LogP contribution in [0.2, 0.25) is 0 Å². The molecule has 31 heavy (non-hydrogen) atoms. The third-order valence-electron chi connectivity index (χ3n) is 5.97. The zero-order chi connectivity index (χ0) is 23.0. The Labute approximate surface area is 193 Å². The summed E-state index contributed by atoms with van der Waals surface area (Å²) in [6.07, 6.45) is 21.2. The Morgan fingerprint density at radius 3 is 1.61 bits per heavy atom. The summed E-state index contributed by atoms with van der Waals surface area (Å²) in [5, 5.41) is 0. The third-order valence-corrected chi connectivity index (χ3v) is 5.97. The fraction of sp³-hybridized carbons (Fsp3) is 0.926. The largest absolute Gasteiger partial charge is 0.466 e. The molecule has 4 nitrogen and oxygen atoms in total. The van der Waals surface area contributed by atoms with Crippen LogP contribution in [0, 0.1) is 5.92 Å². The van der Waals surface area contributed by atoms with Gasteiger partial charge in [-0.1, -0.05) is 104 Å². The Bertz CT molecular complexity index is 408. The van der Waals surface area contributed by atoms with E-state index in [1.54, 1.807) is 0 Å². The molecule has 0 radical (unpaired) electrons. The molecule has 0 heterocycles. The van der Waals surface area contributed by atoms with Crippen molar-refractivity contribution in [2.45, 2.75) is 143 Å². The molecule has 184 valence electrons. The van der Waals surface area contributed by atoms with Crippen LogP contribution >= 0.6 is 0 Å². The van der Waals surface area contributed by atoms with Crippen LogP contribution in [0.1, 0.15) is 143 Å². The number of unbranched alkanes of at least 4 members (excludes halogenated alkanes) is 13. The predicted octanol–water partition coefficient (Wildman–Crippen LogP) is 8.16. The summed E-state index contributed by atoms with van der Waals surface area (Å²) in [7, 11) is 0. The van der Waals surface area contributed by atoms with Crippen LogP contribution in [-0.4, -0.2) is 25.2 Å². The highest BCUT2D eigenvalue weighted by Gasteiger charge is 2.18. The van der Waals surface area contributed by atoms with Gasteiger partial charge in [-0.3, -0.25) is 9.59 Å². The molecule has 0 aliphatic carbocycles. The van der Waals surface area contributed by atoms with E-state index in [2.05, 4.69) is 13.8 Å². The Kier molecular flexibility index (Phi) is 22.8. The van der Waals surface area contributed by atoms with Crippen molar-refractivity contribution in [3.05, 3.63) is 0 Å². The van der Waals surface area contributed by atoms with Crippen molar-refractivity contribution in [3.8, 4) is 0 Å². The van der Waals surface area contributed by atoms with E-state index in [-0.39, 0.29) is 17.9 Å². The first-order valence-electron chi connectivity index (χ1n) is 13.5. The van der Waals surface area contributed by atoms with Gasteiger partial charge in [0.25, 0.3) is 0 Å². The minimum Gasteiger partial charge on any atom is -0.466 e. The average Bonchev–Trinajstić information content (AvgIpc) is 2.76. The van der Waals surface area contributed by atoms with E-state index in [9.17, 15) is 9.59 Å². The van der Waals surface area contributed by atoms with E-state index in [1.165, 1.54) is 64.2 Å². The van der Waals surface area contributed by atoms with E-state index in [0.29, 0.717) is 19.6 Å². The number of ether oxygens (including phenoxy) is 2. The predicted molar refractivity (Wildman–Crippen MR) is 130 cm³/mol. The van der Waals surface area contributed by atoms with Gasteiger partial charge in [0.05, 0.1) is 19.1 Å². The number of esters is 2. The van der Waals surface area contributed by atoms with Crippen LogP contribution in [-0.2, 0) is 19.1 Å². The van der Waals surface area contributed by atoms with Crippen LogP contribution < -0.4 is 0 Å². The summed E-state index contributed by atoms with van der Waals surface area (Å²) in [5.41, 5.74) is 0. The molecule has 0 spiro atoms. The van der Waals surface area contributed by atoms with Crippen molar-refractivity contribution in [1.29, 1.82) is 0 Å². The van der Waals surface area contributed by atoms with Gasteiger partial charge < -0.3 is 9.47 Å². The van der Waals surface area contributed by atoms with E-state index in [1.807, 2.05) is 6.92 Å². The van der Waals surface area contributed by atoms with Crippen molar-refractivity contribution in [3.63, 3.8) is 0 Å². The van der Waals surface area contributed by atoms with E-state index >= 15 is 0 Å². The normalized spacial score (nSPS) is 12.0. The Morgan fingerprint density at radius 1 is 0.581 bits per heavy atom. The highest BCUT2D eigenvalue weighted by atomic mass is 16.5. The lowest BCUT2D eigenvalue weighted by molar-refractivity contribution is -0.148. The molecule has 1 unspecified atom stereocenters. The van der Waals surface area contributed by atoms with Gasteiger partial charge in [0.15, 0.2) is 0 Å². The molecule has 0 fully saturated rings. The smallest absolute Gasteiger partial charge is 0.308 e. The second kappa shape index (κ2) is 23.6. The van der Waals surface area contributed by atoms with E-state index in [4.69, 9.17) is 9.47 Å². The molecular formula is C27H52O4. The maximum Gasteiger partial charge on any atom is 0.308 e. The fourth-order valence-electron chi connectivity index (χ4n) is 3.97. The van der Waals surface area contributed by atoms with Crippen LogP contribution in [0.25, 0.3) is 0 Å². The Morgan fingerprint density at radius 2 is 1.06 bits per heavy atom. The molecule has 0 aromatic carbocycles. The molecule has 0 saturated heterocycles. The van der Waals surface area contributed by atoms with Crippen molar-refractivity contribution < 1.29 is 19.1 Å². The lowest BCUT2D eigenvalue weighted by atomic mass is 9.94. The summed E-state index contributed by atoms with van der Waals surface area (Å²) in [6.45, 7) is 7.30. The first kappa shape index (κ1) is 29.9. The number of carbonyl (C=O) groups excluding carboxylic acids is 2. The molecule has 0 aromatic rings. The van der Waals surface area contributed by atoms with E-state index < -0.39 is 0 Å². The van der Waals surface area contributed by atoms with Gasteiger partial charge in [0.1, 0.15) is 0 Å². The summed E-state index contributed by atoms with van der Waals surface area (Å²) < 4.78 is 10.6. The number of carbonyl (C=O) groups is 2. The van der Waals surface area contributed by atoms with Gasteiger partial charge in [-0.05, 0) is 32.6 Å². The molecule has 0 N–H and O–H groups in total. The molecule has 0 amide bonds. The van der Waals surface area contributed by atoms with Crippen molar-refractivity contribution in [2.24, 2.45) is 5.92 Å². The van der Waals surface area contributed by atoms with Gasteiger partial charge in [-0.2, -0.15) is 0 Å². The Balaban J connectivity index is 3.75. The number of hydrogen-bond acceptors (Lipinski definition) is 4. The summed E-state index contributed by atoms with van der Waals surface area (Å²) in [5.74, 6) is -0.0517. The first-order valence-corrected chi connectivity index (χ1v) is 13.5. The summed E-state index contributed by atoms with van der Waals surface area (Å²) >= 11 is 0. The molecular weight excluding hydrogens is 388 g/mol. The fourth-order valence-corrected chi connectivity index (χ4v) is 3.97. The maximum absolute atomic E-state index is 12.2. The second-order valence-corrected chi connectivity index (χ2v) is 8.95. The van der Waals surface area contributed by atoms with Crippen molar-refractivity contribution in [2.75, 3.05) is 13.2 Å². The standard InChI is InChI=1S/C27H52O4/c1-4-7-9-11-13-15-19-23-26(28)31-24-20-16-18-22-25(27(29)30-6-3)21-17-14-12-10-8-5-2/h25H,4-24H2,1-3H3. The molecule has 0 aliphatic rings. The lowest BCUT2D eigenvalue weighted by Crippen LogP contribution is -2.18. The monoisotopic (exact) mass is 440 g/mol. The quantitative estimate of drug-likeness (QED) is 0.119. The number of rotatable bonds is 23. The molecule has 0 rings (SSSR count). The topological polar surface area (TPSA) is 52.6 Å². The number of hydrogen-bond donors (Lipinski definition) is 0. The SMILES string of the molecule is CCCCCCCCCC(=O)OCCCCCC(CCCCCCCC)C(=O)OCC. The zero-order valence-corrected chi connectivity index (χ0v) is 21.1. The van der Waals surface area contributed by atoms with E-state index in [0.717, 1.165) is 51.4 Å². The Hall–Kier alpha value is -1.06. The van der Waals surface area contributed by atoms with Crippen molar-refractivity contribution >= 4 is 11.9 Å². The molecule has 4 heteroatoms. The third kappa shape index (κ3) is 20.6. The summed E-state index contributed by atoms with van der Waals surface area (Å²) in [4.78, 5) is 24.0. The van der Waals surface area contributed by atoms with Gasteiger partial charge in [0, 0.05) is 6.42 Å². The van der Waals surface area contributed by atoms with Crippen LogP contribution in [0.5, 0.6) is 0 Å². The molecule has 0 saturated carbocycles. The van der Waals surface area contributed by atoms with Crippen LogP contribution in [0.4, 0.5) is 0 Å². The molecule has 1 atom stereocenters. The molecule has 0 aromatic heterocycles. The zero-order valence-electron chi connectivity index (χ0n) is 21.1. The van der Waals surface area contributed by atoms with Crippen LogP contribution in [0.15, 0.2) is 0 Å². The van der Waals surface area contributed by atoms with Gasteiger partial charge in [-0.25, -0.2) is 0 Å². The molecule has 0 aliphatic heterocycles. The van der Waals surface area contributed by atoms with Crippen molar-refractivity contribution in [1.82, 2.24) is 0 Å².